The molecule has 2 unspecified atom stereocenters. The summed E-state index contributed by atoms with van der Waals surface area (Å²) in [4.78, 5) is 11.5. The fourth-order valence-electron chi connectivity index (χ4n) is 3.51. The van der Waals surface area contributed by atoms with E-state index in [1.54, 1.807) is 6.33 Å². The summed E-state index contributed by atoms with van der Waals surface area (Å²) in [6.45, 7) is 7.15. The molecule has 1 saturated heterocycles. The first-order chi connectivity index (χ1) is 11.2. The van der Waals surface area contributed by atoms with E-state index in [4.69, 9.17) is 4.99 Å². The Hall–Kier alpha value is -1.63. The van der Waals surface area contributed by atoms with Crippen LogP contribution in [0.3, 0.4) is 0 Å². The van der Waals surface area contributed by atoms with Crippen LogP contribution in [-0.2, 0) is 13.0 Å². The number of guanidine groups is 1. The topological polar surface area (TPSA) is 70.4 Å². The molecule has 0 amide bonds. The SMILES string of the molecule is CCNC(=NCC1CCCN(C)C1)NC1CCc2ncnn2C1. The summed E-state index contributed by atoms with van der Waals surface area (Å²) in [7, 11) is 2.21. The van der Waals surface area contributed by atoms with Gasteiger partial charge < -0.3 is 15.5 Å². The van der Waals surface area contributed by atoms with Gasteiger partial charge in [-0.2, -0.15) is 5.10 Å². The first-order valence-corrected chi connectivity index (χ1v) is 8.84. The number of nitrogens with one attached hydrogen (secondary N) is 2. The number of likely N-dealkylation sites (tertiary alicyclic amines) is 1. The third-order valence-electron chi connectivity index (χ3n) is 4.72. The summed E-state index contributed by atoms with van der Waals surface area (Å²) < 4.78 is 2.00. The maximum atomic E-state index is 4.83. The molecule has 2 aliphatic rings. The summed E-state index contributed by atoms with van der Waals surface area (Å²) >= 11 is 0. The summed E-state index contributed by atoms with van der Waals surface area (Å²) in [6.07, 6.45) is 6.29. The Morgan fingerprint density at radius 2 is 2.30 bits per heavy atom. The van der Waals surface area contributed by atoms with E-state index in [1.165, 1.54) is 19.4 Å². The molecule has 3 heterocycles. The molecular weight excluding hydrogens is 290 g/mol. The average Bonchev–Trinajstić information content (AvgIpc) is 3.00. The number of piperidine rings is 1. The zero-order chi connectivity index (χ0) is 16.1. The van der Waals surface area contributed by atoms with Crippen molar-refractivity contribution in [1.82, 2.24) is 30.3 Å². The van der Waals surface area contributed by atoms with Crippen molar-refractivity contribution in [1.29, 1.82) is 0 Å². The van der Waals surface area contributed by atoms with Crippen molar-refractivity contribution < 1.29 is 0 Å². The molecule has 7 heteroatoms. The van der Waals surface area contributed by atoms with Gasteiger partial charge in [-0.15, -0.1) is 0 Å². The lowest BCUT2D eigenvalue weighted by atomic mass is 9.99. The van der Waals surface area contributed by atoms with Crippen LogP contribution < -0.4 is 10.6 Å². The molecule has 1 aromatic rings. The van der Waals surface area contributed by atoms with Crippen molar-refractivity contribution in [3.05, 3.63) is 12.2 Å². The molecule has 128 valence electrons. The van der Waals surface area contributed by atoms with Crippen molar-refractivity contribution in [2.24, 2.45) is 10.9 Å². The molecule has 0 saturated carbocycles. The highest BCUT2D eigenvalue weighted by atomic mass is 15.4. The molecule has 2 N–H and O–H groups in total. The van der Waals surface area contributed by atoms with Gasteiger partial charge in [0, 0.05) is 32.1 Å². The van der Waals surface area contributed by atoms with E-state index < -0.39 is 0 Å². The molecule has 23 heavy (non-hydrogen) atoms. The molecule has 0 aliphatic carbocycles. The lowest BCUT2D eigenvalue weighted by Crippen LogP contribution is -2.47. The van der Waals surface area contributed by atoms with Crippen molar-refractivity contribution >= 4 is 5.96 Å². The maximum absolute atomic E-state index is 4.83. The van der Waals surface area contributed by atoms with E-state index in [-0.39, 0.29) is 0 Å². The van der Waals surface area contributed by atoms with E-state index in [9.17, 15) is 0 Å². The molecule has 3 rings (SSSR count). The molecule has 2 aliphatic heterocycles. The average molecular weight is 319 g/mol. The third-order valence-corrected chi connectivity index (χ3v) is 4.72. The second-order valence-electron chi connectivity index (χ2n) is 6.73. The number of rotatable bonds is 4. The van der Waals surface area contributed by atoms with Crippen LogP contribution in [0.15, 0.2) is 11.3 Å². The Labute approximate surface area is 138 Å². The zero-order valence-electron chi connectivity index (χ0n) is 14.3. The van der Waals surface area contributed by atoms with Gasteiger partial charge in [-0.05, 0) is 45.7 Å². The predicted octanol–water partition coefficient (Wildman–Crippen LogP) is 0.490. The second-order valence-corrected chi connectivity index (χ2v) is 6.73. The second kappa shape index (κ2) is 7.77. The number of hydrogen-bond donors (Lipinski definition) is 2. The lowest BCUT2D eigenvalue weighted by Gasteiger charge is -2.29. The molecule has 1 aromatic heterocycles. The number of aromatic nitrogens is 3. The van der Waals surface area contributed by atoms with Crippen molar-refractivity contribution in [3.8, 4) is 0 Å². The number of hydrogen-bond acceptors (Lipinski definition) is 4. The zero-order valence-corrected chi connectivity index (χ0v) is 14.3. The monoisotopic (exact) mass is 319 g/mol. The van der Waals surface area contributed by atoms with Crippen LogP contribution >= 0.6 is 0 Å². The first kappa shape index (κ1) is 16.2. The van der Waals surface area contributed by atoms with Crippen LogP contribution in [0.5, 0.6) is 0 Å². The van der Waals surface area contributed by atoms with E-state index >= 15 is 0 Å². The minimum atomic E-state index is 0.371. The van der Waals surface area contributed by atoms with Crippen LogP contribution in [0, 0.1) is 5.92 Å². The van der Waals surface area contributed by atoms with Gasteiger partial charge in [0.1, 0.15) is 12.2 Å². The number of nitrogens with zero attached hydrogens (tertiary/aromatic N) is 5. The summed E-state index contributed by atoms with van der Waals surface area (Å²) in [5.41, 5.74) is 0. The van der Waals surface area contributed by atoms with Gasteiger partial charge in [0.2, 0.25) is 0 Å². The van der Waals surface area contributed by atoms with Crippen LogP contribution in [0.4, 0.5) is 0 Å². The molecule has 0 bridgehead atoms. The van der Waals surface area contributed by atoms with Gasteiger partial charge in [-0.1, -0.05) is 0 Å². The Morgan fingerprint density at radius 1 is 1.39 bits per heavy atom. The molecular formula is C16H29N7. The minimum Gasteiger partial charge on any atom is -0.357 e. The molecule has 0 radical (unpaired) electrons. The highest BCUT2D eigenvalue weighted by Crippen LogP contribution is 2.15. The van der Waals surface area contributed by atoms with Gasteiger partial charge in [-0.3, -0.25) is 4.99 Å². The van der Waals surface area contributed by atoms with Crippen molar-refractivity contribution in [2.75, 3.05) is 33.2 Å². The lowest BCUT2D eigenvalue weighted by molar-refractivity contribution is 0.214. The predicted molar refractivity (Wildman–Crippen MR) is 91.5 cm³/mol. The van der Waals surface area contributed by atoms with Crippen molar-refractivity contribution in [3.63, 3.8) is 0 Å². The van der Waals surface area contributed by atoms with Crippen LogP contribution in [0.25, 0.3) is 0 Å². The van der Waals surface area contributed by atoms with Gasteiger partial charge in [0.15, 0.2) is 5.96 Å². The highest BCUT2D eigenvalue weighted by molar-refractivity contribution is 5.80. The van der Waals surface area contributed by atoms with Gasteiger partial charge in [0.05, 0.1) is 6.54 Å². The van der Waals surface area contributed by atoms with Gasteiger partial charge >= 0.3 is 0 Å². The number of aryl methyl sites for hydroxylation is 1. The Balaban J connectivity index is 1.55. The molecule has 0 aromatic carbocycles. The fraction of sp³-hybridized carbons (Fsp3) is 0.812. The highest BCUT2D eigenvalue weighted by Gasteiger charge is 2.21. The van der Waals surface area contributed by atoms with Crippen LogP contribution in [-0.4, -0.2) is 64.9 Å². The molecule has 1 fully saturated rings. The smallest absolute Gasteiger partial charge is 0.191 e. The van der Waals surface area contributed by atoms with E-state index in [0.29, 0.717) is 12.0 Å². The van der Waals surface area contributed by atoms with Crippen LogP contribution in [0.1, 0.15) is 32.0 Å². The van der Waals surface area contributed by atoms with E-state index in [0.717, 1.165) is 50.8 Å². The Kier molecular flexibility index (Phi) is 5.48. The van der Waals surface area contributed by atoms with E-state index in [2.05, 4.69) is 39.6 Å². The fourth-order valence-corrected chi connectivity index (χ4v) is 3.51. The maximum Gasteiger partial charge on any atom is 0.191 e. The Morgan fingerprint density at radius 3 is 3.13 bits per heavy atom. The molecule has 0 spiro atoms. The number of aliphatic imine (C=N–C) groups is 1. The summed E-state index contributed by atoms with van der Waals surface area (Å²) in [5, 5.41) is 11.2. The van der Waals surface area contributed by atoms with Gasteiger partial charge in [0.25, 0.3) is 0 Å². The quantitative estimate of drug-likeness (QED) is 0.624. The minimum absolute atomic E-state index is 0.371. The normalized spacial score (nSPS) is 25.9. The molecule has 2 atom stereocenters. The Bertz CT molecular complexity index is 524. The summed E-state index contributed by atoms with van der Waals surface area (Å²) in [5.74, 6) is 2.71. The summed E-state index contributed by atoms with van der Waals surface area (Å²) in [6, 6.07) is 0.371. The third kappa shape index (κ3) is 4.43. The first-order valence-electron chi connectivity index (χ1n) is 8.84. The van der Waals surface area contributed by atoms with Crippen molar-refractivity contribution in [2.45, 2.75) is 45.2 Å². The standard InChI is InChI=1S/C16H29N7/c1-3-17-16(18-9-13-5-4-8-22(2)10-13)21-14-6-7-15-19-12-20-23(15)11-14/h12-14H,3-11H2,1-2H3,(H2,17,18,21). The van der Waals surface area contributed by atoms with E-state index in [1.807, 2.05) is 4.68 Å². The largest absolute Gasteiger partial charge is 0.357 e. The number of fused-ring (bicyclic) bond motifs is 1. The van der Waals surface area contributed by atoms with Gasteiger partial charge in [-0.25, -0.2) is 9.67 Å². The molecule has 7 nitrogen and oxygen atoms in total. The van der Waals surface area contributed by atoms with Crippen LogP contribution in [0.2, 0.25) is 0 Å².